The van der Waals surface area contributed by atoms with Crippen molar-refractivity contribution in [1.82, 2.24) is 15.2 Å². The first-order valence-electron chi connectivity index (χ1n) is 9.88. The fourth-order valence-electron chi connectivity index (χ4n) is 3.60. The molecule has 0 saturated carbocycles. The van der Waals surface area contributed by atoms with Crippen LogP contribution in [0.4, 0.5) is 5.69 Å². The van der Waals surface area contributed by atoms with E-state index in [1.54, 1.807) is 6.20 Å². The number of benzene rings is 1. The fraction of sp³-hybridized carbons (Fsp3) is 0.455. The minimum Gasteiger partial charge on any atom is -0.383 e. The molecule has 1 aliphatic rings. The topological polar surface area (TPSA) is 57.3 Å². The summed E-state index contributed by atoms with van der Waals surface area (Å²) >= 11 is 0. The average Bonchev–Trinajstić information content (AvgIpc) is 2.69. The molecule has 1 amide bonds. The number of pyridine rings is 1. The number of carbonyl (C=O) groups excluding carboxylic acids is 1. The molecular weight excluding hydrogens is 336 g/mol. The minimum atomic E-state index is 0.171. The minimum absolute atomic E-state index is 0.171. The van der Waals surface area contributed by atoms with E-state index in [2.05, 4.69) is 50.8 Å². The first-order valence-corrected chi connectivity index (χ1v) is 9.88. The van der Waals surface area contributed by atoms with Crippen molar-refractivity contribution < 1.29 is 4.79 Å². The van der Waals surface area contributed by atoms with Gasteiger partial charge in [-0.25, -0.2) is 0 Å². The summed E-state index contributed by atoms with van der Waals surface area (Å²) in [5, 5.41) is 6.38. The van der Waals surface area contributed by atoms with Crippen molar-refractivity contribution in [2.24, 2.45) is 5.92 Å². The lowest BCUT2D eigenvalue weighted by molar-refractivity contribution is -0.122. The summed E-state index contributed by atoms with van der Waals surface area (Å²) in [4.78, 5) is 18.8. The quantitative estimate of drug-likeness (QED) is 0.705. The Hall–Kier alpha value is -2.40. The molecule has 0 atom stereocenters. The van der Waals surface area contributed by atoms with Gasteiger partial charge in [-0.05, 0) is 56.0 Å². The van der Waals surface area contributed by atoms with E-state index >= 15 is 0 Å². The molecule has 0 spiro atoms. The lowest BCUT2D eigenvalue weighted by Gasteiger charge is -2.31. The molecule has 3 rings (SSSR count). The summed E-state index contributed by atoms with van der Waals surface area (Å²) < 4.78 is 0. The van der Waals surface area contributed by atoms with Crippen LogP contribution in [-0.2, 0) is 11.3 Å². The van der Waals surface area contributed by atoms with Gasteiger partial charge in [0.1, 0.15) is 0 Å². The molecule has 1 aliphatic heterocycles. The van der Waals surface area contributed by atoms with Crippen LogP contribution >= 0.6 is 0 Å². The van der Waals surface area contributed by atoms with Gasteiger partial charge in [-0.3, -0.25) is 14.7 Å². The van der Waals surface area contributed by atoms with Crippen LogP contribution in [0, 0.1) is 12.8 Å². The third-order valence-corrected chi connectivity index (χ3v) is 5.21. The summed E-state index contributed by atoms with van der Waals surface area (Å²) in [6.45, 7) is 6.57. The normalized spacial score (nSPS) is 15.4. The second-order valence-electron chi connectivity index (χ2n) is 7.38. The number of nitrogens with zero attached hydrogens (tertiary/aromatic N) is 2. The smallest absolute Gasteiger partial charge is 0.220 e. The highest BCUT2D eigenvalue weighted by molar-refractivity contribution is 5.76. The number of aryl methyl sites for hydroxylation is 1. The van der Waals surface area contributed by atoms with Crippen LogP contribution in [0.5, 0.6) is 0 Å². The van der Waals surface area contributed by atoms with E-state index in [0.717, 1.165) is 50.3 Å². The second kappa shape index (κ2) is 10.1. The van der Waals surface area contributed by atoms with Crippen molar-refractivity contribution in [1.29, 1.82) is 0 Å². The molecule has 5 heteroatoms. The number of hydrogen-bond donors (Lipinski definition) is 2. The maximum absolute atomic E-state index is 12.2. The summed E-state index contributed by atoms with van der Waals surface area (Å²) in [6, 6.07) is 12.6. The predicted molar refractivity (Wildman–Crippen MR) is 110 cm³/mol. The van der Waals surface area contributed by atoms with Crippen LogP contribution < -0.4 is 10.6 Å². The zero-order valence-corrected chi connectivity index (χ0v) is 16.2. The first-order chi connectivity index (χ1) is 13.2. The van der Waals surface area contributed by atoms with E-state index in [-0.39, 0.29) is 5.91 Å². The highest BCUT2D eigenvalue weighted by atomic mass is 16.1. The van der Waals surface area contributed by atoms with E-state index in [9.17, 15) is 4.79 Å². The van der Waals surface area contributed by atoms with Crippen molar-refractivity contribution in [2.45, 2.75) is 32.7 Å². The third kappa shape index (κ3) is 6.36. The van der Waals surface area contributed by atoms with Crippen LogP contribution in [0.2, 0.25) is 0 Å². The van der Waals surface area contributed by atoms with Gasteiger partial charge in [-0.15, -0.1) is 0 Å². The van der Waals surface area contributed by atoms with Crippen molar-refractivity contribution in [3.8, 4) is 0 Å². The van der Waals surface area contributed by atoms with Gasteiger partial charge >= 0.3 is 0 Å². The summed E-state index contributed by atoms with van der Waals surface area (Å²) in [5.41, 5.74) is 3.56. The Balaban J connectivity index is 1.29. The Morgan fingerprint density at radius 1 is 1.15 bits per heavy atom. The van der Waals surface area contributed by atoms with Gasteiger partial charge in [0.15, 0.2) is 0 Å². The molecule has 2 N–H and O–H groups in total. The largest absolute Gasteiger partial charge is 0.383 e. The number of nitrogens with one attached hydrogen (secondary N) is 2. The Labute approximate surface area is 162 Å². The van der Waals surface area contributed by atoms with Crippen molar-refractivity contribution in [3.05, 3.63) is 59.9 Å². The number of piperidine rings is 1. The molecule has 2 aromatic rings. The number of rotatable bonds is 8. The molecule has 0 bridgehead atoms. The standard InChI is InChI=1S/C22H30N4O/c1-18-16-23-10-7-21(18)24-11-12-25-22(27)15-19-8-13-26(14-9-19)17-20-5-3-2-4-6-20/h2-7,10,16,19H,8-9,11-15,17H2,1H3,(H,23,24)(H,25,27). The Kier molecular flexibility index (Phi) is 7.22. The van der Waals surface area contributed by atoms with Crippen molar-refractivity contribution in [3.63, 3.8) is 0 Å². The maximum Gasteiger partial charge on any atom is 0.220 e. The molecule has 2 heterocycles. The van der Waals surface area contributed by atoms with E-state index in [0.29, 0.717) is 18.9 Å². The number of hydrogen-bond acceptors (Lipinski definition) is 4. The Morgan fingerprint density at radius 2 is 1.93 bits per heavy atom. The van der Waals surface area contributed by atoms with E-state index in [4.69, 9.17) is 0 Å². The third-order valence-electron chi connectivity index (χ3n) is 5.21. The number of carbonyl (C=O) groups is 1. The van der Waals surface area contributed by atoms with Gasteiger partial charge in [0, 0.05) is 44.1 Å². The highest BCUT2D eigenvalue weighted by Gasteiger charge is 2.21. The van der Waals surface area contributed by atoms with E-state index in [1.807, 2.05) is 19.2 Å². The van der Waals surface area contributed by atoms with Gasteiger partial charge in [-0.2, -0.15) is 0 Å². The van der Waals surface area contributed by atoms with Gasteiger partial charge in [-0.1, -0.05) is 30.3 Å². The first kappa shape index (κ1) is 19.4. The number of likely N-dealkylation sites (tertiary alicyclic amines) is 1. The van der Waals surface area contributed by atoms with Crippen LogP contribution in [0.25, 0.3) is 0 Å². The molecular formula is C22H30N4O. The van der Waals surface area contributed by atoms with Gasteiger partial charge in [0.2, 0.25) is 5.91 Å². The van der Waals surface area contributed by atoms with Crippen molar-refractivity contribution >= 4 is 11.6 Å². The molecule has 5 nitrogen and oxygen atoms in total. The van der Waals surface area contributed by atoms with Gasteiger partial charge in [0.25, 0.3) is 0 Å². The number of anilines is 1. The van der Waals surface area contributed by atoms with Crippen LogP contribution in [0.3, 0.4) is 0 Å². The van der Waals surface area contributed by atoms with Crippen molar-refractivity contribution in [2.75, 3.05) is 31.5 Å². The molecule has 1 aromatic heterocycles. The lowest BCUT2D eigenvalue weighted by atomic mass is 9.93. The zero-order valence-electron chi connectivity index (χ0n) is 16.2. The second-order valence-corrected chi connectivity index (χ2v) is 7.38. The van der Waals surface area contributed by atoms with E-state index in [1.165, 1.54) is 5.56 Å². The maximum atomic E-state index is 12.2. The molecule has 0 aliphatic carbocycles. The predicted octanol–water partition coefficient (Wildman–Crippen LogP) is 3.22. The highest BCUT2D eigenvalue weighted by Crippen LogP contribution is 2.21. The molecule has 0 unspecified atom stereocenters. The summed E-state index contributed by atoms with van der Waals surface area (Å²) in [5.74, 6) is 0.678. The zero-order chi connectivity index (χ0) is 18.9. The summed E-state index contributed by atoms with van der Waals surface area (Å²) in [7, 11) is 0. The Morgan fingerprint density at radius 3 is 2.67 bits per heavy atom. The molecule has 1 saturated heterocycles. The van der Waals surface area contributed by atoms with E-state index < -0.39 is 0 Å². The molecule has 144 valence electrons. The van der Waals surface area contributed by atoms with Crippen LogP contribution in [0.1, 0.15) is 30.4 Å². The average molecular weight is 367 g/mol. The van der Waals surface area contributed by atoms with Gasteiger partial charge < -0.3 is 10.6 Å². The number of amides is 1. The molecule has 1 aromatic carbocycles. The molecule has 0 radical (unpaired) electrons. The Bertz CT molecular complexity index is 711. The van der Waals surface area contributed by atoms with Crippen LogP contribution in [0.15, 0.2) is 48.8 Å². The van der Waals surface area contributed by atoms with Gasteiger partial charge in [0.05, 0.1) is 0 Å². The molecule has 27 heavy (non-hydrogen) atoms. The van der Waals surface area contributed by atoms with Crippen LogP contribution in [-0.4, -0.2) is 42.0 Å². The lowest BCUT2D eigenvalue weighted by Crippen LogP contribution is -2.36. The fourth-order valence-corrected chi connectivity index (χ4v) is 3.60. The summed E-state index contributed by atoms with van der Waals surface area (Å²) in [6.07, 6.45) is 6.47. The monoisotopic (exact) mass is 366 g/mol. The SMILES string of the molecule is Cc1cnccc1NCCNC(=O)CC1CCN(Cc2ccccc2)CC1. The molecule has 1 fully saturated rings. The number of aromatic nitrogens is 1.